The quantitative estimate of drug-likeness (QED) is 0.782. The van der Waals surface area contributed by atoms with E-state index in [1.54, 1.807) is 11.3 Å². The van der Waals surface area contributed by atoms with E-state index < -0.39 is 0 Å². The number of aryl methyl sites for hydroxylation is 1. The average molecular weight is 287 g/mol. The maximum absolute atomic E-state index is 3.69. The zero-order valence-electron chi connectivity index (χ0n) is 12.7. The smallest absolute Gasteiger partial charge is 0.0162 e. The summed E-state index contributed by atoms with van der Waals surface area (Å²) in [6, 6.07) is 13.6. The van der Waals surface area contributed by atoms with Crippen LogP contribution < -0.4 is 5.32 Å². The second-order valence-electron chi connectivity index (χ2n) is 5.87. The first-order valence-corrected chi connectivity index (χ1v) is 8.39. The van der Waals surface area contributed by atoms with Crippen LogP contribution in [-0.2, 0) is 11.8 Å². The van der Waals surface area contributed by atoms with E-state index in [4.69, 9.17) is 0 Å². The average Bonchev–Trinajstić information content (AvgIpc) is 2.97. The van der Waals surface area contributed by atoms with Gasteiger partial charge in [0.15, 0.2) is 0 Å². The summed E-state index contributed by atoms with van der Waals surface area (Å²) in [5.41, 5.74) is 3.02. The second-order valence-corrected chi connectivity index (χ2v) is 6.65. The van der Waals surface area contributed by atoms with Crippen molar-refractivity contribution in [3.8, 4) is 0 Å². The molecule has 20 heavy (non-hydrogen) atoms. The first kappa shape index (κ1) is 15.3. The molecule has 1 heterocycles. The van der Waals surface area contributed by atoms with Crippen molar-refractivity contribution in [2.45, 2.75) is 45.1 Å². The highest BCUT2D eigenvalue weighted by Gasteiger charge is 2.30. The fraction of sp³-hybridized carbons (Fsp3) is 0.444. The van der Waals surface area contributed by atoms with E-state index in [-0.39, 0.29) is 5.41 Å². The maximum Gasteiger partial charge on any atom is 0.0162 e. The molecule has 2 aromatic rings. The third-order valence-corrected chi connectivity index (χ3v) is 4.87. The van der Waals surface area contributed by atoms with Gasteiger partial charge >= 0.3 is 0 Å². The van der Waals surface area contributed by atoms with Gasteiger partial charge in [0.1, 0.15) is 0 Å². The molecule has 2 rings (SSSR count). The molecular formula is C18H25NS. The summed E-state index contributed by atoms with van der Waals surface area (Å²) in [5, 5.41) is 8.12. The Labute approximate surface area is 127 Å². The molecule has 0 fully saturated rings. The van der Waals surface area contributed by atoms with Crippen molar-refractivity contribution in [1.29, 1.82) is 0 Å². The first-order chi connectivity index (χ1) is 9.64. The van der Waals surface area contributed by atoms with Crippen LogP contribution in [0, 0.1) is 0 Å². The summed E-state index contributed by atoms with van der Waals surface area (Å²) < 4.78 is 0. The van der Waals surface area contributed by atoms with Gasteiger partial charge < -0.3 is 5.32 Å². The number of nitrogens with one attached hydrogen (secondary N) is 1. The second kappa shape index (κ2) is 7.05. The monoisotopic (exact) mass is 287 g/mol. The van der Waals surface area contributed by atoms with E-state index in [2.05, 4.69) is 73.2 Å². The van der Waals surface area contributed by atoms with E-state index in [1.165, 1.54) is 17.5 Å². The van der Waals surface area contributed by atoms with Gasteiger partial charge in [-0.05, 0) is 47.3 Å². The number of hydrogen-bond donors (Lipinski definition) is 1. The van der Waals surface area contributed by atoms with Crippen LogP contribution in [-0.4, -0.2) is 12.6 Å². The Kier molecular flexibility index (Phi) is 5.38. The normalized spacial score (nSPS) is 13.3. The van der Waals surface area contributed by atoms with Crippen LogP contribution in [0.4, 0.5) is 0 Å². The van der Waals surface area contributed by atoms with Crippen molar-refractivity contribution < 1.29 is 0 Å². The molecule has 0 spiro atoms. The van der Waals surface area contributed by atoms with Crippen molar-refractivity contribution in [2.75, 3.05) is 6.54 Å². The zero-order valence-corrected chi connectivity index (χ0v) is 13.5. The number of rotatable bonds is 7. The van der Waals surface area contributed by atoms with E-state index in [0.29, 0.717) is 6.04 Å². The summed E-state index contributed by atoms with van der Waals surface area (Å²) in [6.07, 6.45) is 2.32. The highest BCUT2D eigenvalue weighted by atomic mass is 32.1. The van der Waals surface area contributed by atoms with Crippen molar-refractivity contribution >= 4 is 11.3 Å². The Hall–Kier alpha value is -1.12. The number of thiophene rings is 1. The lowest BCUT2D eigenvalue weighted by Gasteiger charge is -2.36. The molecule has 0 aliphatic rings. The van der Waals surface area contributed by atoms with Gasteiger partial charge in [0.2, 0.25) is 0 Å². The maximum atomic E-state index is 3.69. The van der Waals surface area contributed by atoms with Gasteiger partial charge in [-0.1, -0.05) is 51.1 Å². The summed E-state index contributed by atoms with van der Waals surface area (Å²) in [5.74, 6) is 0. The highest BCUT2D eigenvalue weighted by Crippen LogP contribution is 2.29. The highest BCUT2D eigenvalue weighted by molar-refractivity contribution is 7.07. The summed E-state index contributed by atoms with van der Waals surface area (Å²) in [4.78, 5) is 0. The fourth-order valence-corrected chi connectivity index (χ4v) is 3.48. The number of hydrogen-bond acceptors (Lipinski definition) is 2. The topological polar surface area (TPSA) is 12.0 Å². The van der Waals surface area contributed by atoms with Gasteiger partial charge in [-0.15, -0.1) is 0 Å². The Bertz CT molecular complexity index is 487. The van der Waals surface area contributed by atoms with Crippen LogP contribution in [0.2, 0.25) is 0 Å². The molecule has 2 heteroatoms. The molecule has 0 aliphatic carbocycles. The molecule has 0 radical (unpaired) electrons. The number of benzene rings is 1. The molecule has 0 saturated carbocycles. The Balaban J connectivity index is 2.10. The van der Waals surface area contributed by atoms with Crippen molar-refractivity contribution in [2.24, 2.45) is 0 Å². The summed E-state index contributed by atoms with van der Waals surface area (Å²) >= 11 is 1.79. The largest absolute Gasteiger partial charge is 0.313 e. The third kappa shape index (κ3) is 3.71. The van der Waals surface area contributed by atoms with Gasteiger partial charge in [0, 0.05) is 11.5 Å². The molecular weight excluding hydrogens is 262 g/mol. The van der Waals surface area contributed by atoms with E-state index in [0.717, 1.165) is 13.0 Å². The van der Waals surface area contributed by atoms with Crippen LogP contribution in [0.3, 0.4) is 0 Å². The molecule has 1 aromatic carbocycles. The first-order valence-electron chi connectivity index (χ1n) is 7.44. The van der Waals surface area contributed by atoms with Crippen LogP contribution >= 0.6 is 11.3 Å². The van der Waals surface area contributed by atoms with Crippen LogP contribution in [0.25, 0.3) is 0 Å². The zero-order chi connectivity index (χ0) is 14.4. The van der Waals surface area contributed by atoms with Gasteiger partial charge in [-0.3, -0.25) is 0 Å². The van der Waals surface area contributed by atoms with Gasteiger partial charge in [0.25, 0.3) is 0 Å². The standard InChI is InChI=1S/C18H25NS/c1-4-19-17(11-10-15-12-13-20-14-15)18(2,3)16-8-6-5-7-9-16/h5-9,12-14,17,19H,4,10-11H2,1-3H3. The molecule has 1 aromatic heterocycles. The molecule has 0 aliphatic heterocycles. The van der Waals surface area contributed by atoms with E-state index in [9.17, 15) is 0 Å². The minimum absolute atomic E-state index is 0.146. The lowest BCUT2D eigenvalue weighted by atomic mass is 9.75. The predicted molar refractivity (Wildman–Crippen MR) is 89.6 cm³/mol. The summed E-state index contributed by atoms with van der Waals surface area (Å²) in [6.45, 7) is 7.91. The fourth-order valence-electron chi connectivity index (χ4n) is 2.78. The molecule has 108 valence electrons. The lowest BCUT2D eigenvalue weighted by Crippen LogP contribution is -2.45. The van der Waals surface area contributed by atoms with E-state index >= 15 is 0 Å². The predicted octanol–water partition coefficient (Wildman–Crippen LogP) is 4.64. The van der Waals surface area contributed by atoms with Crippen LogP contribution in [0.1, 0.15) is 38.3 Å². The minimum atomic E-state index is 0.146. The van der Waals surface area contributed by atoms with Crippen LogP contribution in [0.5, 0.6) is 0 Å². The van der Waals surface area contributed by atoms with Crippen molar-refractivity contribution in [1.82, 2.24) is 5.32 Å². The summed E-state index contributed by atoms with van der Waals surface area (Å²) in [7, 11) is 0. The molecule has 1 atom stereocenters. The Morgan fingerprint density at radius 2 is 1.90 bits per heavy atom. The lowest BCUT2D eigenvalue weighted by molar-refractivity contribution is 0.327. The van der Waals surface area contributed by atoms with Crippen LogP contribution in [0.15, 0.2) is 47.2 Å². The van der Waals surface area contributed by atoms with Crippen molar-refractivity contribution in [3.63, 3.8) is 0 Å². The number of likely N-dealkylation sites (N-methyl/N-ethyl adjacent to an activating group) is 1. The molecule has 1 unspecified atom stereocenters. The molecule has 0 amide bonds. The van der Waals surface area contributed by atoms with Gasteiger partial charge in [-0.2, -0.15) is 11.3 Å². The van der Waals surface area contributed by atoms with Gasteiger partial charge in [-0.25, -0.2) is 0 Å². The third-order valence-electron chi connectivity index (χ3n) is 4.14. The molecule has 1 nitrogen and oxygen atoms in total. The van der Waals surface area contributed by atoms with E-state index in [1.807, 2.05) is 0 Å². The van der Waals surface area contributed by atoms with Gasteiger partial charge in [0.05, 0.1) is 0 Å². The van der Waals surface area contributed by atoms with Crippen molar-refractivity contribution in [3.05, 3.63) is 58.3 Å². The SMILES string of the molecule is CCNC(CCc1ccsc1)C(C)(C)c1ccccc1. The Morgan fingerprint density at radius 1 is 1.15 bits per heavy atom. The molecule has 1 N–H and O–H groups in total. The molecule has 0 bridgehead atoms. The minimum Gasteiger partial charge on any atom is -0.313 e. The Morgan fingerprint density at radius 3 is 2.50 bits per heavy atom. The molecule has 0 saturated heterocycles.